The number of benzene rings is 3. The third-order valence-electron chi connectivity index (χ3n) is 4.78. The number of ether oxygens (including phenoxy) is 2. The van der Waals surface area contributed by atoms with E-state index in [1.807, 2.05) is 30.3 Å². The monoisotopic (exact) mass is 401 g/mol. The minimum atomic E-state index is -0.933. The fourth-order valence-corrected chi connectivity index (χ4v) is 3.14. The molecule has 0 radical (unpaired) electrons. The number of nitrogens with zero attached hydrogens (tertiary/aromatic N) is 1. The second kappa shape index (κ2) is 8.21. The molecule has 6 nitrogen and oxygen atoms in total. The van der Waals surface area contributed by atoms with Crippen molar-refractivity contribution in [1.29, 1.82) is 0 Å². The van der Waals surface area contributed by atoms with Crippen LogP contribution in [0.15, 0.2) is 77.3 Å². The van der Waals surface area contributed by atoms with Crippen molar-refractivity contribution in [3.8, 4) is 17.1 Å². The minimum absolute atomic E-state index is 0.290. The molecule has 6 heteroatoms. The van der Waals surface area contributed by atoms with Crippen LogP contribution in [0.2, 0.25) is 0 Å². The lowest BCUT2D eigenvalue weighted by Gasteiger charge is -2.12. The summed E-state index contributed by atoms with van der Waals surface area (Å²) in [5.41, 5.74) is 2.25. The molecule has 0 aliphatic heterocycles. The molecular weight excluding hydrogens is 382 g/mol. The van der Waals surface area contributed by atoms with E-state index in [1.54, 1.807) is 56.5 Å². The summed E-state index contributed by atoms with van der Waals surface area (Å²) in [4.78, 5) is 25.2. The van der Waals surface area contributed by atoms with Crippen molar-refractivity contribution >= 4 is 22.7 Å². The Morgan fingerprint density at radius 3 is 2.33 bits per heavy atom. The van der Waals surface area contributed by atoms with Gasteiger partial charge in [0.05, 0.1) is 18.1 Å². The Balaban J connectivity index is 1.54. The van der Waals surface area contributed by atoms with E-state index in [0.717, 1.165) is 5.56 Å². The number of hydrogen-bond acceptors (Lipinski definition) is 6. The number of esters is 1. The highest BCUT2D eigenvalue weighted by Gasteiger charge is 2.21. The zero-order valence-electron chi connectivity index (χ0n) is 16.5. The van der Waals surface area contributed by atoms with Gasteiger partial charge in [-0.1, -0.05) is 35.5 Å². The summed E-state index contributed by atoms with van der Waals surface area (Å²) in [5, 5.41) is 4.75. The van der Waals surface area contributed by atoms with Gasteiger partial charge >= 0.3 is 5.97 Å². The van der Waals surface area contributed by atoms with Crippen molar-refractivity contribution in [1.82, 2.24) is 5.16 Å². The van der Waals surface area contributed by atoms with Gasteiger partial charge in [0.1, 0.15) is 11.3 Å². The Kier molecular flexibility index (Phi) is 5.30. The largest absolute Gasteiger partial charge is 0.497 e. The Labute approximate surface area is 173 Å². The van der Waals surface area contributed by atoms with Crippen molar-refractivity contribution < 1.29 is 23.6 Å². The Morgan fingerprint density at radius 1 is 0.933 bits per heavy atom. The predicted octanol–water partition coefficient (Wildman–Crippen LogP) is 4.93. The highest BCUT2D eigenvalue weighted by atomic mass is 16.5. The van der Waals surface area contributed by atoms with Crippen LogP contribution in [0.1, 0.15) is 27.6 Å². The first kappa shape index (κ1) is 19.4. The van der Waals surface area contributed by atoms with E-state index in [9.17, 15) is 9.59 Å². The Morgan fingerprint density at radius 2 is 1.63 bits per heavy atom. The lowest BCUT2D eigenvalue weighted by molar-refractivity contribution is 0.0319. The molecule has 0 saturated heterocycles. The van der Waals surface area contributed by atoms with Crippen molar-refractivity contribution in [2.75, 3.05) is 7.11 Å². The third kappa shape index (κ3) is 3.80. The molecule has 0 spiro atoms. The van der Waals surface area contributed by atoms with Gasteiger partial charge in [-0.05, 0) is 49.4 Å². The van der Waals surface area contributed by atoms with Gasteiger partial charge in [0.2, 0.25) is 5.78 Å². The summed E-state index contributed by atoms with van der Waals surface area (Å²) < 4.78 is 16.0. The van der Waals surface area contributed by atoms with Crippen LogP contribution in [-0.4, -0.2) is 30.1 Å². The molecule has 0 aliphatic carbocycles. The molecule has 0 unspecified atom stereocenters. The van der Waals surface area contributed by atoms with Crippen LogP contribution in [0.3, 0.4) is 0 Å². The number of carbonyl (C=O) groups excluding carboxylic acids is 2. The molecular formula is C24H19NO5. The highest BCUT2D eigenvalue weighted by molar-refractivity contribution is 6.03. The lowest BCUT2D eigenvalue weighted by atomic mass is 10.1. The zero-order chi connectivity index (χ0) is 21.1. The topological polar surface area (TPSA) is 78.6 Å². The van der Waals surface area contributed by atoms with Crippen molar-refractivity contribution in [3.63, 3.8) is 0 Å². The first-order valence-corrected chi connectivity index (χ1v) is 9.41. The van der Waals surface area contributed by atoms with E-state index < -0.39 is 12.1 Å². The lowest BCUT2D eigenvalue weighted by Crippen LogP contribution is -2.24. The summed E-state index contributed by atoms with van der Waals surface area (Å²) in [6.45, 7) is 1.55. The van der Waals surface area contributed by atoms with Crippen LogP contribution in [0, 0.1) is 0 Å². The molecule has 30 heavy (non-hydrogen) atoms. The molecule has 0 N–H and O–H groups in total. The number of aromatic nitrogens is 1. The van der Waals surface area contributed by atoms with Crippen LogP contribution in [0.5, 0.6) is 5.75 Å². The van der Waals surface area contributed by atoms with Gasteiger partial charge < -0.3 is 14.0 Å². The van der Waals surface area contributed by atoms with Gasteiger partial charge in [-0.3, -0.25) is 4.79 Å². The van der Waals surface area contributed by atoms with E-state index >= 15 is 0 Å². The van der Waals surface area contributed by atoms with Crippen LogP contribution in [0.4, 0.5) is 0 Å². The normalized spacial score (nSPS) is 11.8. The van der Waals surface area contributed by atoms with Gasteiger partial charge in [-0.25, -0.2) is 4.79 Å². The van der Waals surface area contributed by atoms with Gasteiger partial charge in [-0.2, -0.15) is 0 Å². The SMILES string of the molecule is COc1ccc(C(=O)[C@@H](C)OC(=O)c2ccc3noc(-c4ccccc4)c3c2)cc1. The fourth-order valence-electron chi connectivity index (χ4n) is 3.14. The first-order valence-electron chi connectivity index (χ1n) is 9.41. The molecule has 0 saturated carbocycles. The minimum Gasteiger partial charge on any atom is -0.497 e. The number of hydrogen-bond donors (Lipinski definition) is 0. The maximum absolute atomic E-state index is 12.7. The molecule has 0 fully saturated rings. The van der Waals surface area contributed by atoms with Gasteiger partial charge in [0.25, 0.3) is 0 Å². The molecule has 0 amide bonds. The second-order valence-corrected chi connectivity index (χ2v) is 6.75. The van der Waals surface area contributed by atoms with Crippen LogP contribution < -0.4 is 4.74 Å². The number of ketones is 1. The average Bonchev–Trinajstić information content (AvgIpc) is 3.22. The summed E-state index contributed by atoms with van der Waals surface area (Å²) in [6, 6.07) is 21.1. The highest BCUT2D eigenvalue weighted by Crippen LogP contribution is 2.29. The maximum Gasteiger partial charge on any atom is 0.338 e. The Hall–Kier alpha value is -3.93. The number of methoxy groups -OCH3 is 1. The van der Waals surface area contributed by atoms with Crippen molar-refractivity contribution in [2.24, 2.45) is 0 Å². The Bertz CT molecular complexity index is 1200. The van der Waals surface area contributed by atoms with Crippen molar-refractivity contribution in [2.45, 2.75) is 13.0 Å². The fraction of sp³-hybridized carbons (Fsp3) is 0.125. The molecule has 1 heterocycles. The standard InChI is InChI=1S/C24H19NO5/c1-15(22(26)16-8-11-19(28-2)12-9-16)29-24(27)18-10-13-21-20(14-18)23(30-25-21)17-6-4-3-5-7-17/h3-15H,1-2H3/t15-/m1/s1. The number of fused-ring (bicyclic) bond motifs is 1. The van der Waals surface area contributed by atoms with Crippen LogP contribution >= 0.6 is 0 Å². The smallest absolute Gasteiger partial charge is 0.338 e. The molecule has 3 aromatic carbocycles. The molecule has 1 atom stereocenters. The molecule has 150 valence electrons. The summed E-state index contributed by atoms with van der Waals surface area (Å²) in [5.74, 6) is 0.337. The van der Waals surface area contributed by atoms with E-state index in [4.69, 9.17) is 14.0 Å². The first-order chi connectivity index (χ1) is 14.6. The summed E-state index contributed by atoms with van der Waals surface area (Å²) >= 11 is 0. The average molecular weight is 401 g/mol. The summed E-state index contributed by atoms with van der Waals surface area (Å²) in [6.07, 6.45) is -0.933. The zero-order valence-corrected chi connectivity index (χ0v) is 16.5. The second-order valence-electron chi connectivity index (χ2n) is 6.75. The molecule has 0 bridgehead atoms. The third-order valence-corrected chi connectivity index (χ3v) is 4.78. The van der Waals surface area contributed by atoms with Gasteiger partial charge in [0, 0.05) is 11.1 Å². The van der Waals surface area contributed by atoms with Crippen LogP contribution in [-0.2, 0) is 4.74 Å². The predicted molar refractivity (Wildman–Crippen MR) is 112 cm³/mol. The number of carbonyl (C=O) groups is 2. The molecule has 4 rings (SSSR count). The molecule has 1 aromatic heterocycles. The summed E-state index contributed by atoms with van der Waals surface area (Å²) in [7, 11) is 1.55. The van der Waals surface area contributed by atoms with E-state index in [2.05, 4.69) is 5.16 Å². The number of Topliss-reactive ketones (excluding diaryl/α,β-unsaturated/α-hetero) is 1. The molecule has 4 aromatic rings. The quantitative estimate of drug-likeness (QED) is 0.337. The molecule has 0 aliphatic rings. The van der Waals surface area contributed by atoms with E-state index in [0.29, 0.717) is 33.5 Å². The van der Waals surface area contributed by atoms with Crippen LogP contribution in [0.25, 0.3) is 22.2 Å². The maximum atomic E-state index is 12.7. The van der Waals surface area contributed by atoms with E-state index in [-0.39, 0.29) is 5.78 Å². The van der Waals surface area contributed by atoms with E-state index in [1.165, 1.54) is 0 Å². The van der Waals surface area contributed by atoms with Crippen molar-refractivity contribution in [3.05, 3.63) is 83.9 Å². The number of rotatable bonds is 6. The van der Waals surface area contributed by atoms with Gasteiger partial charge in [-0.15, -0.1) is 0 Å². The van der Waals surface area contributed by atoms with Gasteiger partial charge in [0.15, 0.2) is 11.9 Å².